The highest BCUT2D eigenvalue weighted by Gasteiger charge is 2.30. The number of phosphoric ester groups is 2. The van der Waals surface area contributed by atoms with E-state index < -0.39 is 97.5 Å². The minimum Gasteiger partial charge on any atom is -0.462 e. The maximum absolute atomic E-state index is 13.0. The van der Waals surface area contributed by atoms with Crippen LogP contribution in [0.15, 0.2) is 0 Å². The van der Waals surface area contributed by atoms with Gasteiger partial charge in [0.1, 0.15) is 19.3 Å². The molecule has 17 nitrogen and oxygen atoms in total. The second-order valence-electron chi connectivity index (χ2n) is 26.5. The quantitative estimate of drug-likeness (QED) is 0.0222. The molecule has 0 saturated carbocycles. The van der Waals surface area contributed by atoms with Crippen LogP contribution in [0.25, 0.3) is 0 Å². The molecule has 0 spiro atoms. The second-order valence-corrected chi connectivity index (χ2v) is 29.4. The molecular weight excluding hydrogens is 1200 g/mol. The van der Waals surface area contributed by atoms with Crippen molar-refractivity contribution in [1.82, 2.24) is 0 Å². The van der Waals surface area contributed by atoms with Gasteiger partial charge in [-0.05, 0) is 37.5 Å². The Morgan fingerprint density at radius 3 is 0.780 bits per heavy atom. The normalized spacial score (nSPS) is 14.7. The Kier molecular flexibility index (Phi) is 62.7. The van der Waals surface area contributed by atoms with Crippen LogP contribution in [0.4, 0.5) is 0 Å². The van der Waals surface area contributed by atoms with Crippen molar-refractivity contribution in [3.8, 4) is 0 Å². The van der Waals surface area contributed by atoms with Gasteiger partial charge in [-0.15, -0.1) is 0 Å². The van der Waals surface area contributed by atoms with E-state index in [1.54, 1.807) is 0 Å². The number of ether oxygens (including phenoxy) is 4. The van der Waals surface area contributed by atoms with E-state index in [-0.39, 0.29) is 25.7 Å². The average Bonchev–Trinajstić information content (AvgIpc) is 2.54. The van der Waals surface area contributed by atoms with Crippen molar-refractivity contribution in [2.45, 2.75) is 387 Å². The van der Waals surface area contributed by atoms with Crippen LogP contribution in [-0.2, 0) is 65.4 Å². The van der Waals surface area contributed by atoms with Crippen LogP contribution in [0.2, 0.25) is 0 Å². The molecule has 0 aromatic carbocycles. The lowest BCUT2D eigenvalue weighted by atomic mass is 10.00. The highest BCUT2D eigenvalue weighted by atomic mass is 31.2. The molecule has 0 aliphatic heterocycles. The summed E-state index contributed by atoms with van der Waals surface area (Å²) in [6, 6.07) is 0. The third-order valence-electron chi connectivity index (χ3n) is 17.4. The number of aliphatic hydroxyl groups is 1. The van der Waals surface area contributed by atoms with Crippen molar-refractivity contribution in [3.05, 3.63) is 0 Å². The van der Waals surface area contributed by atoms with E-state index in [2.05, 4.69) is 41.5 Å². The van der Waals surface area contributed by atoms with Gasteiger partial charge < -0.3 is 33.8 Å². The number of hydrogen-bond donors (Lipinski definition) is 3. The van der Waals surface area contributed by atoms with Crippen LogP contribution >= 0.6 is 15.6 Å². The zero-order chi connectivity index (χ0) is 67.2. The summed E-state index contributed by atoms with van der Waals surface area (Å²) in [6.07, 6.45) is 50.2. The summed E-state index contributed by atoms with van der Waals surface area (Å²) >= 11 is 0. The SMILES string of the molecule is CCCCCCCCCCCCCCCCCCCCCCCC(=O)O[C@H](COC(=O)CCCCCCCCC(C)CC)COP(=O)(O)OC[C@@H](O)COP(=O)(O)OC[C@@H](COC(=O)CCCCCCCCCCCC)OC(=O)CCCCCCCCC(C)CC. The number of esters is 4. The molecule has 0 aliphatic carbocycles. The first-order chi connectivity index (χ1) is 43.9. The maximum atomic E-state index is 13.0. The Morgan fingerprint density at radius 1 is 0.308 bits per heavy atom. The largest absolute Gasteiger partial charge is 0.472 e. The van der Waals surface area contributed by atoms with Crippen LogP contribution in [0, 0.1) is 11.8 Å². The van der Waals surface area contributed by atoms with Gasteiger partial charge in [0.15, 0.2) is 12.2 Å². The first kappa shape index (κ1) is 89.1. The summed E-state index contributed by atoms with van der Waals surface area (Å²) in [5.74, 6) is -0.677. The zero-order valence-electron chi connectivity index (χ0n) is 59.1. The first-order valence-corrected chi connectivity index (χ1v) is 40.6. The number of rotatable bonds is 71. The van der Waals surface area contributed by atoms with E-state index in [4.69, 9.17) is 37.0 Å². The molecule has 0 aliphatic rings. The minimum atomic E-state index is -4.95. The average molecular weight is 1340 g/mol. The van der Waals surface area contributed by atoms with Gasteiger partial charge in [-0.3, -0.25) is 37.3 Å². The summed E-state index contributed by atoms with van der Waals surface area (Å²) in [7, 11) is -9.90. The molecule has 0 aromatic rings. The predicted molar refractivity (Wildman–Crippen MR) is 368 cm³/mol. The van der Waals surface area contributed by atoms with Crippen LogP contribution < -0.4 is 0 Å². The summed E-state index contributed by atoms with van der Waals surface area (Å²) in [5, 5.41) is 10.6. The zero-order valence-corrected chi connectivity index (χ0v) is 60.9. The lowest BCUT2D eigenvalue weighted by Gasteiger charge is -2.21. The summed E-state index contributed by atoms with van der Waals surface area (Å²) in [6.45, 7) is 9.46. The predicted octanol–water partition coefficient (Wildman–Crippen LogP) is 20.8. The number of unbranched alkanes of at least 4 members (excludes halogenated alkanes) is 39. The lowest BCUT2D eigenvalue weighted by molar-refractivity contribution is -0.161. The van der Waals surface area contributed by atoms with E-state index in [0.29, 0.717) is 25.7 Å². The number of aliphatic hydroxyl groups excluding tert-OH is 1. The van der Waals surface area contributed by atoms with Gasteiger partial charge in [0, 0.05) is 25.7 Å². The molecule has 4 unspecified atom stereocenters. The van der Waals surface area contributed by atoms with Crippen LogP contribution in [0.5, 0.6) is 0 Å². The van der Waals surface area contributed by atoms with Gasteiger partial charge in [0.25, 0.3) is 0 Å². The van der Waals surface area contributed by atoms with Crippen molar-refractivity contribution in [2.24, 2.45) is 11.8 Å². The Balaban J connectivity index is 5.16. The van der Waals surface area contributed by atoms with Crippen LogP contribution in [0.1, 0.15) is 369 Å². The molecule has 0 rings (SSSR count). The Hall–Kier alpha value is -1.94. The van der Waals surface area contributed by atoms with E-state index in [0.717, 1.165) is 108 Å². The van der Waals surface area contributed by atoms with E-state index >= 15 is 0 Å². The highest BCUT2D eigenvalue weighted by molar-refractivity contribution is 7.47. The summed E-state index contributed by atoms with van der Waals surface area (Å²) in [5.41, 5.74) is 0. The second kappa shape index (κ2) is 64.1. The Morgan fingerprint density at radius 2 is 0.527 bits per heavy atom. The molecule has 0 saturated heterocycles. The lowest BCUT2D eigenvalue weighted by Crippen LogP contribution is -2.30. The maximum Gasteiger partial charge on any atom is 0.472 e. The van der Waals surface area contributed by atoms with Crippen molar-refractivity contribution in [3.63, 3.8) is 0 Å². The third-order valence-corrected chi connectivity index (χ3v) is 19.3. The topological polar surface area (TPSA) is 237 Å². The fourth-order valence-corrected chi connectivity index (χ4v) is 12.5. The third kappa shape index (κ3) is 63.9. The number of hydrogen-bond acceptors (Lipinski definition) is 15. The van der Waals surface area contributed by atoms with Crippen LogP contribution in [0.3, 0.4) is 0 Å². The van der Waals surface area contributed by atoms with Gasteiger partial charge in [-0.2, -0.15) is 0 Å². The van der Waals surface area contributed by atoms with Crippen molar-refractivity contribution >= 4 is 39.5 Å². The fourth-order valence-electron chi connectivity index (χ4n) is 10.9. The first-order valence-electron chi connectivity index (χ1n) is 37.6. The van der Waals surface area contributed by atoms with Crippen molar-refractivity contribution in [2.75, 3.05) is 39.6 Å². The molecule has 19 heteroatoms. The molecule has 540 valence electrons. The Bertz CT molecular complexity index is 1770. The molecule has 0 fully saturated rings. The Labute approximate surface area is 556 Å². The van der Waals surface area contributed by atoms with Gasteiger partial charge >= 0.3 is 39.5 Å². The number of carbonyl (C=O) groups is 4. The summed E-state index contributed by atoms with van der Waals surface area (Å²) < 4.78 is 68.3. The molecule has 7 atom stereocenters. The molecule has 0 heterocycles. The standard InChI is InChI=1S/C72H140O17P2/c1-7-11-13-15-17-19-21-22-23-24-25-26-27-28-29-30-31-33-35-44-50-56-71(76)88-67(61-83-70(75)55-49-43-38-36-40-46-52-64(5)9-3)62-86-90(78,79)84-58-66(73)59-85-91(80,81)87-63-68(89-72(77)57-51-45-39-37-41-47-53-65(6)10-4)60-82-69(74)54-48-42-34-32-20-18-16-14-12-8-2/h64-68,73H,7-63H2,1-6H3,(H,78,79)(H,80,81)/t64?,65?,66-,67-,68-/m1/s1. The highest BCUT2D eigenvalue weighted by Crippen LogP contribution is 2.45. The van der Waals surface area contributed by atoms with Gasteiger partial charge in [-0.1, -0.05) is 318 Å². The van der Waals surface area contributed by atoms with E-state index in [1.807, 2.05) is 0 Å². The monoisotopic (exact) mass is 1340 g/mol. The van der Waals surface area contributed by atoms with Crippen molar-refractivity contribution in [1.29, 1.82) is 0 Å². The molecular formula is C72H140O17P2. The fraction of sp³-hybridized carbons (Fsp3) is 0.944. The van der Waals surface area contributed by atoms with Gasteiger partial charge in [0.05, 0.1) is 26.4 Å². The molecule has 0 amide bonds. The van der Waals surface area contributed by atoms with Crippen LogP contribution in [-0.4, -0.2) is 96.7 Å². The molecule has 0 bridgehead atoms. The van der Waals surface area contributed by atoms with Gasteiger partial charge in [0.2, 0.25) is 0 Å². The smallest absolute Gasteiger partial charge is 0.462 e. The molecule has 3 N–H and O–H groups in total. The summed E-state index contributed by atoms with van der Waals surface area (Å²) in [4.78, 5) is 72.5. The number of phosphoric acid groups is 2. The molecule has 0 aromatic heterocycles. The van der Waals surface area contributed by atoms with Crippen molar-refractivity contribution < 1.29 is 80.2 Å². The van der Waals surface area contributed by atoms with Gasteiger partial charge in [-0.25, -0.2) is 9.13 Å². The van der Waals surface area contributed by atoms with E-state index in [1.165, 1.54) is 180 Å². The molecule has 91 heavy (non-hydrogen) atoms. The minimum absolute atomic E-state index is 0.103. The molecule has 0 radical (unpaired) electrons. The van der Waals surface area contributed by atoms with E-state index in [9.17, 15) is 43.2 Å². The number of carbonyl (C=O) groups excluding carboxylic acids is 4.